The highest BCUT2D eigenvalue weighted by atomic mass is 28.3. The maximum atomic E-state index is 13.6. The van der Waals surface area contributed by atoms with Gasteiger partial charge in [-0.3, -0.25) is 0 Å². The van der Waals surface area contributed by atoms with Crippen molar-refractivity contribution in [1.82, 2.24) is 4.57 Å². The molecule has 3 rings (SSSR count). The minimum atomic E-state index is -2.95. The van der Waals surface area contributed by atoms with Gasteiger partial charge in [0.2, 0.25) is 0 Å². The first-order valence-electron chi connectivity index (χ1n) is 10.2. The Kier molecular flexibility index (Phi) is 6.58. The van der Waals surface area contributed by atoms with E-state index >= 15 is 0 Å². The summed E-state index contributed by atoms with van der Waals surface area (Å²) < 4.78 is 7.80. The Morgan fingerprint density at radius 3 is 1.50 bits per heavy atom. The predicted molar refractivity (Wildman–Crippen MR) is 127 cm³/mol. The van der Waals surface area contributed by atoms with Gasteiger partial charge >= 0.3 is 6.09 Å². The zero-order chi connectivity index (χ0) is 21.6. The Balaban J connectivity index is 2.37. The zero-order valence-electron chi connectivity index (χ0n) is 17.9. The first-order valence-corrected chi connectivity index (χ1v) is 12.1. The Bertz CT molecular complexity index is 870. The third-order valence-electron chi connectivity index (χ3n) is 4.91. The van der Waals surface area contributed by atoms with Gasteiger partial charge in [0.15, 0.2) is 0 Å². The van der Waals surface area contributed by atoms with Crippen LogP contribution in [0.25, 0.3) is 0 Å². The summed E-state index contributed by atoms with van der Waals surface area (Å²) >= 11 is 0. The Labute approximate surface area is 180 Å². The van der Waals surface area contributed by atoms with Gasteiger partial charge in [0.25, 0.3) is 8.24 Å². The molecule has 4 heteroatoms. The van der Waals surface area contributed by atoms with Crippen LogP contribution in [0.1, 0.15) is 20.8 Å². The van der Waals surface area contributed by atoms with Crippen LogP contribution in [-0.4, -0.2) is 31.0 Å². The van der Waals surface area contributed by atoms with Gasteiger partial charge in [0.05, 0.1) is 0 Å². The largest absolute Gasteiger partial charge is 0.444 e. The van der Waals surface area contributed by atoms with Gasteiger partial charge in [-0.25, -0.2) is 4.79 Å². The highest BCUT2D eigenvalue weighted by Gasteiger charge is 2.48. The Morgan fingerprint density at radius 1 is 0.833 bits per heavy atom. The number of hydrogen-bond donors (Lipinski definition) is 0. The number of ether oxygens (including phenoxy) is 1. The second kappa shape index (κ2) is 9.14. The van der Waals surface area contributed by atoms with Gasteiger partial charge in [0, 0.05) is 6.54 Å². The van der Waals surface area contributed by atoms with Crippen molar-refractivity contribution in [2.24, 2.45) is 0 Å². The molecule has 0 bridgehead atoms. The second-order valence-corrected chi connectivity index (χ2v) is 11.9. The molecule has 1 amide bonds. The van der Waals surface area contributed by atoms with Crippen molar-refractivity contribution in [2.45, 2.75) is 26.4 Å². The highest BCUT2D eigenvalue weighted by Crippen LogP contribution is 2.18. The van der Waals surface area contributed by atoms with E-state index in [2.05, 4.69) is 43.0 Å². The lowest BCUT2D eigenvalue weighted by atomic mass is 10.2. The minimum Gasteiger partial charge on any atom is -0.444 e. The van der Waals surface area contributed by atoms with Crippen LogP contribution in [0.3, 0.4) is 0 Å². The van der Waals surface area contributed by atoms with Crippen LogP contribution in [0.2, 0.25) is 0 Å². The third-order valence-corrected chi connectivity index (χ3v) is 9.59. The van der Waals surface area contributed by atoms with E-state index < -0.39 is 13.8 Å². The molecule has 3 aromatic rings. The summed E-state index contributed by atoms with van der Waals surface area (Å²) in [5.41, 5.74) is -0.597. The highest BCUT2D eigenvalue weighted by molar-refractivity contribution is 7.10. The van der Waals surface area contributed by atoms with E-state index in [4.69, 9.17) is 4.74 Å². The van der Waals surface area contributed by atoms with E-state index in [1.54, 1.807) is 6.08 Å². The lowest BCUT2D eigenvalue weighted by Crippen LogP contribution is -2.78. The van der Waals surface area contributed by atoms with Crippen molar-refractivity contribution in [3.63, 3.8) is 0 Å². The van der Waals surface area contributed by atoms with Gasteiger partial charge in [-0.1, -0.05) is 97.1 Å². The number of nitrogens with zero attached hydrogens (tertiary/aromatic N) is 1. The molecule has 3 aromatic carbocycles. The molecule has 0 aliphatic heterocycles. The number of carbonyl (C=O) groups is 1. The van der Waals surface area contributed by atoms with Gasteiger partial charge in [0.1, 0.15) is 5.60 Å². The summed E-state index contributed by atoms with van der Waals surface area (Å²) in [6.07, 6.45) is 1.45. The average molecular weight is 416 g/mol. The van der Waals surface area contributed by atoms with Crippen LogP contribution >= 0.6 is 0 Å². The van der Waals surface area contributed by atoms with Crippen molar-refractivity contribution in [3.05, 3.63) is 104 Å². The maximum absolute atomic E-state index is 13.6. The standard InChI is InChI=1S/C26H29NO2Si/c1-5-21-27(25(28)29-26(2,3)4)30(22-15-9-6-10-16-22,23-17-11-7-12-18-23)24-19-13-8-14-20-24/h5-20H,1,21H2,2-4H3. The number of hydrogen-bond acceptors (Lipinski definition) is 2. The fourth-order valence-electron chi connectivity index (χ4n) is 3.80. The first-order chi connectivity index (χ1) is 14.4. The molecule has 0 atom stereocenters. The van der Waals surface area contributed by atoms with Crippen LogP contribution in [0.15, 0.2) is 104 Å². The maximum Gasteiger partial charge on any atom is 0.403 e. The van der Waals surface area contributed by atoms with E-state index in [1.165, 1.54) is 0 Å². The van der Waals surface area contributed by atoms with Crippen LogP contribution in [-0.2, 0) is 4.74 Å². The molecule has 0 saturated carbocycles. The fourth-order valence-corrected chi connectivity index (χ4v) is 8.48. The SMILES string of the molecule is C=CCN(C(=O)OC(C)(C)C)[Si](c1ccccc1)(c1ccccc1)c1ccccc1. The van der Waals surface area contributed by atoms with Gasteiger partial charge in [-0.15, -0.1) is 6.58 Å². The topological polar surface area (TPSA) is 29.5 Å². The molecule has 0 aliphatic rings. The van der Waals surface area contributed by atoms with Crippen LogP contribution in [0.5, 0.6) is 0 Å². The van der Waals surface area contributed by atoms with Crippen molar-refractivity contribution in [3.8, 4) is 0 Å². The van der Waals surface area contributed by atoms with E-state index in [0.29, 0.717) is 6.54 Å². The molecule has 30 heavy (non-hydrogen) atoms. The average Bonchev–Trinajstić information content (AvgIpc) is 2.75. The number of amides is 1. The fraction of sp³-hybridized carbons (Fsp3) is 0.192. The zero-order valence-corrected chi connectivity index (χ0v) is 18.9. The lowest BCUT2D eigenvalue weighted by Gasteiger charge is -2.43. The molecule has 0 unspecified atom stereocenters. The van der Waals surface area contributed by atoms with Crippen LogP contribution in [0, 0.1) is 0 Å². The third kappa shape index (κ3) is 4.39. The predicted octanol–water partition coefficient (Wildman–Crippen LogP) is 4.08. The molecule has 0 saturated heterocycles. The summed E-state index contributed by atoms with van der Waals surface area (Å²) in [7, 11) is -2.95. The van der Waals surface area contributed by atoms with Gasteiger partial charge in [-0.2, -0.15) is 0 Å². The molecule has 154 valence electrons. The quantitative estimate of drug-likeness (QED) is 0.345. The molecular formula is C26H29NO2Si. The smallest absolute Gasteiger partial charge is 0.403 e. The monoisotopic (exact) mass is 415 g/mol. The molecule has 0 heterocycles. The summed E-state index contributed by atoms with van der Waals surface area (Å²) in [6.45, 7) is 10.0. The van der Waals surface area contributed by atoms with E-state index in [0.717, 1.165) is 15.6 Å². The Hall–Kier alpha value is -3.11. The summed E-state index contributed by atoms with van der Waals surface area (Å²) in [4.78, 5) is 13.6. The van der Waals surface area contributed by atoms with Crippen LogP contribution < -0.4 is 15.6 Å². The molecule has 0 spiro atoms. The van der Waals surface area contributed by atoms with Crippen LogP contribution in [0.4, 0.5) is 4.79 Å². The number of benzene rings is 3. The van der Waals surface area contributed by atoms with E-state index in [1.807, 2.05) is 79.9 Å². The first kappa shape index (κ1) is 21.6. The van der Waals surface area contributed by atoms with E-state index in [9.17, 15) is 4.79 Å². The summed E-state index contributed by atoms with van der Waals surface area (Å²) in [5.74, 6) is 0. The number of carbonyl (C=O) groups excluding carboxylic acids is 1. The molecule has 0 fully saturated rings. The normalized spacial score (nSPS) is 11.6. The van der Waals surface area contributed by atoms with Crippen molar-refractivity contribution < 1.29 is 9.53 Å². The minimum absolute atomic E-state index is 0.328. The van der Waals surface area contributed by atoms with Crippen molar-refractivity contribution in [2.75, 3.05) is 6.54 Å². The van der Waals surface area contributed by atoms with Gasteiger partial charge in [-0.05, 0) is 36.3 Å². The van der Waals surface area contributed by atoms with Crippen molar-refractivity contribution in [1.29, 1.82) is 0 Å². The van der Waals surface area contributed by atoms with Gasteiger partial charge < -0.3 is 9.30 Å². The molecule has 3 nitrogen and oxygen atoms in total. The second-order valence-electron chi connectivity index (χ2n) is 8.19. The lowest BCUT2D eigenvalue weighted by molar-refractivity contribution is 0.0394. The summed E-state index contributed by atoms with van der Waals surface area (Å²) in [5, 5.41) is 3.36. The number of rotatable bonds is 6. The summed E-state index contributed by atoms with van der Waals surface area (Å²) in [6, 6.07) is 30.9. The van der Waals surface area contributed by atoms with E-state index in [-0.39, 0.29) is 6.09 Å². The molecular weight excluding hydrogens is 386 g/mol. The molecule has 0 radical (unpaired) electrons. The van der Waals surface area contributed by atoms with Crippen molar-refractivity contribution >= 4 is 29.9 Å². The molecule has 0 aliphatic carbocycles. The molecule has 0 aromatic heterocycles. The Morgan fingerprint density at radius 2 is 1.20 bits per heavy atom. The molecule has 0 N–H and O–H groups in total.